The Morgan fingerprint density at radius 2 is 0.500 bits per heavy atom. The van der Waals surface area contributed by atoms with Gasteiger partial charge in [0.15, 0.2) is 0 Å². The van der Waals surface area contributed by atoms with Crippen molar-refractivity contribution >= 4 is 97.1 Å². The molecule has 32 heavy (non-hydrogen) atoms. The first-order valence-corrected chi connectivity index (χ1v) is 12.5. The molecule has 0 saturated heterocycles. The molecule has 0 heterocycles. The SMILES string of the molecule is O=S(=O)([O-])OS(=O)(=O)O[O-].O=S(=O)([O-])OS(=O)(=O)O[O-].O=S(=O)([O-])OS(=O)(=O)O[O-].[Al+3].[Al+3]. The van der Waals surface area contributed by atoms with E-state index in [4.69, 9.17) is 15.8 Å². The van der Waals surface area contributed by atoms with E-state index in [2.05, 4.69) is 23.9 Å². The van der Waals surface area contributed by atoms with E-state index in [0.29, 0.717) is 0 Å². The van der Waals surface area contributed by atoms with Crippen LogP contribution in [-0.4, -0.2) is 98.9 Å². The Morgan fingerprint density at radius 3 is 0.531 bits per heavy atom. The molecule has 32 heteroatoms. The third-order valence-electron chi connectivity index (χ3n) is 0.750. The van der Waals surface area contributed by atoms with Gasteiger partial charge in [0.2, 0.25) is 31.2 Å². The first-order valence-electron chi connectivity index (χ1n) is 4.50. The minimum Gasteiger partial charge on any atom is -0.725 e. The molecule has 0 spiro atoms. The second kappa shape index (κ2) is 16.0. The Bertz CT molecular complexity index is 989. The molecule has 186 valence electrons. The molecule has 0 aromatic heterocycles. The van der Waals surface area contributed by atoms with Crippen LogP contribution in [0.25, 0.3) is 0 Å². The Kier molecular flexibility index (Phi) is 21.3. The third kappa shape index (κ3) is 34.9. The van der Waals surface area contributed by atoms with Crippen molar-refractivity contribution in [2.24, 2.45) is 0 Å². The fourth-order valence-electron chi connectivity index (χ4n) is 0.340. The summed E-state index contributed by atoms with van der Waals surface area (Å²) < 4.78 is 158. The van der Waals surface area contributed by atoms with Crippen LogP contribution in [0.2, 0.25) is 0 Å². The van der Waals surface area contributed by atoms with Gasteiger partial charge in [-0.25, -0.2) is 25.3 Å². The molecule has 0 bridgehead atoms. The fourth-order valence-corrected chi connectivity index (χ4v) is 3.06. The second-order valence-corrected chi connectivity index (χ2v) is 9.80. The minimum atomic E-state index is -5.46. The summed E-state index contributed by atoms with van der Waals surface area (Å²) in [7, 11) is -32.1. The number of hydrogen-bond acceptors (Lipinski definition) is 24. The Hall–Kier alpha value is 0.285. The fraction of sp³-hybridized carbons (Fsp3) is 0. The first kappa shape index (κ1) is 42.4. The molecule has 0 rings (SSSR count). The van der Waals surface area contributed by atoms with Crippen LogP contribution in [0.5, 0.6) is 0 Å². The van der Waals surface area contributed by atoms with Gasteiger partial charge in [-0.1, -0.05) is 0 Å². The summed E-state index contributed by atoms with van der Waals surface area (Å²) in [4.78, 5) is 0. The number of rotatable bonds is 9. The summed E-state index contributed by atoms with van der Waals surface area (Å²) in [6.07, 6.45) is 0. The van der Waals surface area contributed by atoms with Gasteiger partial charge in [-0.15, -0.1) is 10.9 Å². The van der Waals surface area contributed by atoms with Crippen LogP contribution < -0.4 is 15.8 Å². The van der Waals surface area contributed by atoms with Gasteiger partial charge in [0.05, 0.1) is 0 Å². The Labute approximate surface area is 200 Å². The number of hydrogen-bond donors (Lipinski definition) is 0. The third-order valence-corrected chi connectivity index (χ3v) is 5.25. The van der Waals surface area contributed by atoms with Crippen LogP contribution in [0.3, 0.4) is 0 Å². The molecule has 0 aliphatic rings. The summed E-state index contributed by atoms with van der Waals surface area (Å²) in [6.45, 7) is 0. The molecule has 0 aromatic rings. The largest absolute Gasteiger partial charge is 3.00 e. The van der Waals surface area contributed by atoms with E-state index in [0.717, 1.165) is 0 Å². The molecule has 0 aliphatic heterocycles. The van der Waals surface area contributed by atoms with Gasteiger partial charge in [-0.2, -0.15) is 25.3 Å². The standard InChI is InChI=1S/2Al.3H2O8S2/c;;3*1-7-10(5,6)8-9(2,3)4/h;;3*1H,(H,2,3,4)/q2*+3;;;/p-6. The molecule has 0 saturated carbocycles. The first-order chi connectivity index (χ1) is 12.8. The zero-order chi connectivity index (χ0) is 25.2. The van der Waals surface area contributed by atoms with Gasteiger partial charge < -0.3 is 42.4 Å². The van der Waals surface area contributed by atoms with Crippen molar-refractivity contribution < 1.29 is 104 Å². The molecular formula is Al2O24S6. The second-order valence-electron chi connectivity index (χ2n) is 2.86. The van der Waals surface area contributed by atoms with Crippen LogP contribution in [0, 0.1) is 0 Å². The maximum atomic E-state index is 9.68. The van der Waals surface area contributed by atoms with Crippen molar-refractivity contribution in [2.75, 3.05) is 0 Å². The van der Waals surface area contributed by atoms with Crippen LogP contribution in [-0.2, 0) is 86.3 Å². The summed E-state index contributed by atoms with van der Waals surface area (Å²) in [5, 5.41) is 27.0. The minimum absolute atomic E-state index is 0. The average Bonchev–Trinajstić information content (AvgIpc) is 2.41. The topological polar surface area (TPSA) is 399 Å². The molecule has 0 radical (unpaired) electrons. The normalized spacial score (nSPS) is 12.6. The van der Waals surface area contributed by atoms with E-state index in [1.807, 2.05) is 0 Å². The molecule has 0 aromatic carbocycles. The Morgan fingerprint density at radius 1 is 0.375 bits per heavy atom. The zero-order valence-corrected chi connectivity index (χ0v) is 20.6. The van der Waals surface area contributed by atoms with E-state index >= 15 is 0 Å². The summed E-state index contributed by atoms with van der Waals surface area (Å²) in [5.41, 5.74) is 0. The quantitative estimate of drug-likeness (QED) is 0.0749. The molecule has 0 N–H and O–H groups in total. The summed E-state index contributed by atoms with van der Waals surface area (Å²) >= 11 is 0. The van der Waals surface area contributed by atoms with Crippen LogP contribution >= 0.6 is 0 Å². The van der Waals surface area contributed by atoms with Crippen molar-refractivity contribution in [3.05, 3.63) is 0 Å². The van der Waals surface area contributed by atoms with Crippen LogP contribution in [0.1, 0.15) is 0 Å². The summed E-state index contributed by atoms with van der Waals surface area (Å²) in [6, 6.07) is 0. The molecule has 0 aliphatic carbocycles. The van der Waals surface area contributed by atoms with E-state index in [9.17, 15) is 64.2 Å². The van der Waals surface area contributed by atoms with Gasteiger partial charge in [0.25, 0.3) is 0 Å². The average molecular weight is 630 g/mol. The maximum absolute atomic E-state index is 9.68. The molecule has 0 unspecified atom stereocenters. The van der Waals surface area contributed by atoms with E-state index in [-0.39, 0.29) is 34.7 Å². The Balaban J connectivity index is -0.000000110. The van der Waals surface area contributed by atoms with E-state index in [1.54, 1.807) is 0 Å². The zero-order valence-electron chi connectivity index (χ0n) is 13.4. The molecule has 24 nitrogen and oxygen atoms in total. The predicted molar refractivity (Wildman–Crippen MR) is 73.9 cm³/mol. The van der Waals surface area contributed by atoms with Gasteiger partial charge >= 0.3 is 65.9 Å². The van der Waals surface area contributed by atoms with E-state index < -0.39 is 62.4 Å². The monoisotopic (exact) mass is 630 g/mol. The summed E-state index contributed by atoms with van der Waals surface area (Å²) in [5.74, 6) is 0. The van der Waals surface area contributed by atoms with Crippen LogP contribution in [0.4, 0.5) is 0 Å². The van der Waals surface area contributed by atoms with Gasteiger partial charge in [-0.05, 0) is 0 Å². The van der Waals surface area contributed by atoms with Crippen molar-refractivity contribution in [2.45, 2.75) is 0 Å². The van der Waals surface area contributed by atoms with Gasteiger partial charge in [-0.3, -0.25) is 0 Å². The van der Waals surface area contributed by atoms with Crippen molar-refractivity contribution in [3.63, 3.8) is 0 Å². The van der Waals surface area contributed by atoms with Gasteiger partial charge in [0, 0.05) is 0 Å². The van der Waals surface area contributed by atoms with Crippen molar-refractivity contribution in [1.29, 1.82) is 0 Å². The van der Waals surface area contributed by atoms with Crippen LogP contribution in [0.15, 0.2) is 0 Å². The molecule has 0 amide bonds. The molecule has 0 fully saturated rings. The smallest absolute Gasteiger partial charge is 0.725 e. The maximum Gasteiger partial charge on any atom is 3.00 e. The van der Waals surface area contributed by atoms with Crippen molar-refractivity contribution in [1.82, 2.24) is 0 Å². The molecule has 0 atom stereocenters. The van der Waals surface area contributed by atoms with E-state index in [1.165, 1.54) is 0 Å². The van der Waals surface area contributed by atoms with Crippen molar-refractivity contribution in [3.8, 4) is 0 Å². The molecular weight excluding hydrogens is 630 g/mol. The van der Waals surface area contributed by atoms with Gasteiger partial charge in [0.1, 0.15) is 0 Å². The predicted octanol–water partition coefficient (Wildman–Crippen LogP) is -9.76.